The van der Waals surface area contributed by atoms with Gasteiger partial charge in [-0.3, -0.25) is 14.9 Å². The number of alkyl halides is 3. The predicted molar refractivity (Wildman–Crippen MR) is 124 cm³/mol. The molecule has 0 radical (unpaired) electrons. The van der Waals surface area contributed by atoms with Crippen LogP contribution in [0.2, 0.25) is 0 Å². The predicted octanol–water partition coefficient (Wildman–Crippen LogP) is 5.59. The van der Waals surface area contributed by atoms with Crippen LogP contribution in [0.15, 0.2) is 54.7 Å². The minimum absolute atomic E-state index is 0.00328. The highest BCUT2D eigenvalue weighted by atomic mass is 19.4. The summed E-state index contributed by atoms with van der Waals surface area (Å²) in [5, 5.41) is 17.7. The van der Waals surface area contributed by atoms with E-state index in [-0.39, 0.29) is 39.9 Å². The van der Waals surface area contributed by atoms with E-state index in [1.54, 1.807) is 24.3 Å². The Morgan fingerprint density at radius 3 is 2.43 bits per heavy atom. The van der Waals surface area contributed by atoms with Crippen LogP contribution in [-0.2, 0) is 6.18 Å². The Hall–Kier alpha value is -4.68. The Labute approximate surface area is 206 Å². The van der Waals surface area contributed by atoms with Gasteiger partial charge in [-0.15, -0.1) is 0 Å². The molecule has 1 aliphatic rings. The number of nitro groups is 1. The summed E-state index contributed by atoms with van der Waals surface area (Å²) in [4.78, 5) is 28.1. The number of aromatic nitrogens is 3. The molecule has 0 spiro atoms. The molecule has 13 heteroatoms. The number of nitrogens with one attached hydrogen (secondary N) is 1. The number of amides is 1. The molecule has 0 unspecified atom stereocenters. The third-order valence-corrected chi connectivity index (χ3v) is 5.68. The van der Waals surface area contributed by atoms with Crippen LogP contribution in [0.25, 0.3) is 5.65 Å². The lowest BCUT2D eigenvalue weighted by molar-refractivity contribution is -0.384. The van der Waals surface area contributed by atoms with Gasteiger partial charge >= 0.3 is 6.18 Å². The average Bonchev–Trinajstić information content (AvgIpc) is 3.62. The molecule has 1 aliphatic carbocycles. The normalized spacial score (nSPS) is 13.4. The lowest BCUT2D eigenvalue weighted by atomic mass is 10.2. The molecular weight excluding hydrogens is 495 g/mol. The summed E-state index contributed by atoms with van der Waals surface area (Å²) in [5.74, 6) is 0.0615. The van der Waals surface area contributed by atoms with E-state index in [1.807, 2.05) is 0 Å². The summed E-state index contributed by atoms with van der Waals surface area (Å²) in [7, 11) is 1.50. The summed E-state index contributed by atoms with van der Waals surface area (Å²) in [6.45, 7) is 0. The molecule has 0 aliphatic heterocycles. The highest BCUT2D eigenvalue weighted by molar-refractivity contribution is 6.08. The second-order valence-electron chi connectivity index (χ2n) is 8.34. The van der Waals surface area contributed by atoms with E-state index in [0.717, 1.165) is 18.3 Å². The Kier molecular flexibility index (Phi) is 5.90. The standard InChI is InChI=1S/C24H18F3N5O5/c1-36-16-4-6-17(7-5-16)37-18-9-14(8-15(10-18)32(34)35)29-23(33)19-12-28-31-21(24(25,26)27)11-20(13-2-3-13)30-22(19)31/h4-13H,2-3H2,1H3,(H,29,33). The van der Waals surface area contributed by atoms with Crippen molar-refractivity contribution in [3.63, 3.8) is 0 Å². The van der Waals surface area contributed by atoms with Crippen molar-refractivity contribution in [1.82, 2.24) is 14.6 Å². The molecule has 2 aromatic heterocycles. The minimum Gasteiger partial charge on any atom is -0.497 e. The molecule has 0 saturated heterocycles. The average molecular weight is 513 g/mol. The van der Waals surface area contributed by atoms with Crippen LogP contribution in [0.4, 0.5) is 24.5 Å². The fraction of sp³-hybridized carbons (Fsp3) is 0.208. The second-order valence-corrected chi connectivity index (χ2v) is 8.34. The first kappa shape index (κ1) is 24.0. The summed E-state index contributed by atoms with van der Waals surface area (Å²) < 4.78 is 52.3. The van der Waals surface area contributed by atoms with Gasteiger partial charge in [0.15, 0.2) is 5.65 Å². The maximum atomic E-state index is 13.7. The fourth-order valence-corrected chi connectivity index (χ4v) is 3.73. The van der Waals surface area contributed by atoms with Crippen molar-refractivity contribution in [2.24, 2.45) is 0 Å². The van der Waals surface area contributed by atoms with Crippen LogP contribution in [0.3, 0.4) is 0 Å². The minimum atomic E-state index is -4.71. The molecule has 5 rings (SSSR count). The van der Waals surface area contributed by atoms with Gasteiger partial charge in [0.1, 0.15) is 28.5 Å². The molecule has 4 aromatic rings. The third kappa shape index (κ3) is 5.01. The SMILES string of the molecule is COc1ccc(Oc2cc(NC(=O)c3cnn4c(C(F)(F)F)cc(C5CC5)nc34)cc([N+](=O)[O-])c2)cc1. The largest absolute Gasteiger partial charge is 0.497 e. The Bertz CT molecular complexity index is 1510. The zero-order chi connectivity index (χ0) is 26.3. The van der Waals surface area contributed by atoms with E-state index in [1.165, 1.54) is 19.2 Å². The molecule has 1 amide bonds. The lowest BCUT2D eigenvalue weighted by Gasteiger charge is -2.11. The van der Waals surface area contributed by atoms with Gasteiger partial charge in [-0.05, 0) is 43.2 Å². The number of nitrogens with zero attached hydrogens (tertiary/aromatic N) is 4. The number of hydrogen-bond acceptors (Lipinski definition) is 7. The first-order chi connectivity index (χ1) is 17.6. The first-order valence-corrected chi connectivity index (χ1v) is 11.0. The number of benzene rings is 2. The van der Waals surface area contributed by atoms with E-state index >= 15 is 0 Å². The molecule has 10 nitrogen and oxygen atoms in total. The molecule has 2 heterocycles. The topological polar surface area (TPSA) is 121 Å². The lowest BCUT2D eigenvalue weighted by Crippen LogP contribution is -2.16. The van der Waals surface area contributed by atoms with Gasteiger partial charge in [-0.2, -0.15) is 18.3 Å². The Morgan fingerprint density at radius 1 is 1.11 bits per heavy atom. The van der Waals surface area contributed by atoms with E-state index in [9.17, 15) is 28.1 Å². The number of methoxy groups -OCH3 is 1. The van der Waals surface area contributed by atoms with Gasteiger partial charge < -0.3 is 14.8 Å². The van der Waals surface area contributed by atoms with Crippen molar-refractivity contribution in [3.05, 3.63) is 81.8 Å². The number of halogens is 3. The van der Waals surface area contributed by atoms with Crippen LogP contribution in [0.5, 0.6) is 17.2 Å². The van der Waals surface area contributed by atoms with Crippen molar-refractivity contribution in [2.45, 2.75) is 24.9 Å². The van der Waals surface area contributed by atoms with Crippen LogP contribution < -0.4 is 14.8 Å². The molecule has 1 fully saturated rings. The number of carbonyl (C=O) groups is 1. The van der Waals surface area contributed by atoms with Crippen LogP contribution in [0, 0.1) is 10.1 Å². The highest BCUT2D eigenvalue weighted by Gasteiger charge is 2.38. The number of anilines is 1. The van der Waals surface area contributed by atoms with Gasteiger partial charge in [0.2, 0.25) is 0 Å². The first-order valence-electron chi connectivity index (χ1n) is 11.0. The summed E-state index contributed by atoms with van der Waals surface area (Å²) >= 11 is 0. The zero-order valence-corrected chi connectivity index (χ0v) is 19.2. The second kappa shape index (κ2) is 9.08. The smallest absolute Gasteiger partial charge is 0.433 e. The Morgan fingerprint density at radius 2 is 1.81 bits per heavy atom. The fourth-order valence-electron chi connectivity index (χ4n) is 3.73. The Balaban J connectivity index is 1.47. The van der Waals surface area contributed by atoms with E-state index in [2.05, 4.69) is 15.4 Å². The maximum absolute atomic E-state index is 13.7. The van der Waals surface area contributed by atoms with Crippen molar-refractivity contribution in [2.75, 3.05) is 12.4 Å². The summed E-state index contributed by atoms with van der Waals surface area (Å²) in [6, 6.07) is 11.0. The van der Waals surface area contributed by atoms with Crippen molar-refractivity contribution >= 4 is 22.9 Å². The van der Waals surface area contributed by atoms with Crippen molar-refractivity contribution in [1.29, 1.82) is 0 Å². The van der Waals surface area contributed by atoms with Gasteiger partial charge in [0, 0.05) is 23.7 Å². The highest BCUT2D eigenvalue weighted by Crippen LogP contribution is 2.41. The number of hydrogen-bond donors (Lipinski definition) is 1. The molecule has 1 N–H and O–H groups in total. The molecule has 0 bridgehead atoms. The van der Waals surface area contributed by atoms with Crippen LogP contribution in [-0.4, -0.2) is 32.5 Å². The molecular formula is C24H18F3N5O5. The number of nitro benzene ring substituents is 1. The van der Waals surface area contributed by atoms with E-state index in [4.69, 9.17) is 9.47 Å². The van der Waals surface area contributed by atoms with E-state index in [0.29, 0.717) is 28.9 Å². The van der Waals surface area contributed by atoms with Gasteiger partial charge in [-0.1, -0.05) is 0 Å². The number of carbonyl (C=O) groups excluding carboxylic acids is 1. The van der Waals surface area contributed by atoms with E-state index < -0.39 is 22.7 Å². The van der Waals surface area contributed by atoms with Crippen molar-refractivity contribution in [3.8, 4) is 17.2 Å². The number of ether oxygens (including phenoxy) is 2. The van der Waals surface area contributed by atoms with Crippen LogP contribution in [0.1, 0.15) is 40.5 Å². The van der Waals surface area contributed by atoms with Gasteiger partial charge in [-0.25, -0.2) is 9.50 Å². The molecule has 37 heavy (non-hydrogen) atoms. The zero-order valence-electron chi connectivity index (χ0n) is 19.2. The number of non-ortho nitro benzene ring substituents is 1. The molecule has 2 aromatic carbocycles. The van der Waals surface area contributed by atoms with Crippen LogP contribution >= 0.6 is 0 Å². The maximum Gasteiger partial charge on any atom is 0.433 e. The van der Waals surface area contributed by atoms with Crippen molar-refractivity contribution < 1.29 is 32.4 Å². The number of rotatable bonds is 7. The summed E-state index contributed by atoms with van der Waals surface area (Å²) in [6.07, 6.45) is -2.31. The third-order valence-electron chi connectivity index (χ3n) is 5.68. The van der Waals surface area contributed by atoms with Gasteiger partial charge in [0.05, 0.1) is 30.0 Å². The molecule has 190 valence electrons. The monoisotopic (exact) mass is 513 g/mol. The quantitative estimate of drug-likeness (QED) is 0.253. The molecule has 0 atom stereocenters. The van der Waals surface area contributed by atoms with Gasteiger partial charge in [0.25, 0.3) is 11.6 Å². The molecule has 1 saturated carbocycles. The number of fused-ring (bicyclic) bond motifs is 1. The summed E-state index contributed by atoms with van der Waals surface area (Å²) in [5.41, 5.74) is -1.64.